The highest BCUT2D eigenvalue weighted by Gasteiger charge is 2.14. The van der Waals surface area contributed by atoms with E-state index in [9.17, 15) is 9.59 Å². The summed E-state index contributed by atoms with van der Waals surface area (Å²) < 4.78 is 9.54. The van der Waals surface area contributed by atoms with Gasteiger partial charge in [0.05, 0.1) is 20.2 Å². The van der Waals surface area contributed by atoms with Gasteiger partial charge >= 0.3 is 18.9 Å². The lowest BCUT2D eigenvalue weighted by molar-refractivity contribution is -0.142. The van der Waals surface area contributed by atoms with Crippen LogP contribution in [0.2, 0.25) is 6.82 Å². The Labute approximate surface area is 96.5 Å². The molecule has 0 aromatic heterocycles. The first-order valence-corrected chi connectivity index (χ1v) is 5.07. The van der Waals surface area contributed by atoms with E-state index in [1.165, 1.54) is 12.0 Å². The van der Waals surface area contributed by atoms with Gasteiger partial charge in [-0.3, -0.25) is 14.5 Å². The fourth-order valence-corrected chi connectivity index (χ4v) is 1.12. The van der Waals surface area contributed by atoms with Crippen LogP contribution in [0.25, 0.3) is 0 Å². The van der Waals surface area contributed by atoms with Crippen LogP contribution in [0.5, 0.6) is 0 Å². The molecule has 0 rings (SSSR count). The molecule has 0 heterocycles. The van der Waals surface area contributed by atoms with Crippen LogP contribution in [-0.2, 0) is 19.0 Å². The van der Waals surface area contributed by atoms with Crippen LogP contribution in [0, 0.1) is 0 Å². The monoisotopic (exact) mass is 227 g/mol. The maximum absolute atomic E-state index is 11.4. The molecule has 0 aliphatic rings. The van der Waals surface area contributed by atoms with Crippen LogP contribution in [0.1, 0.15) is 6.92 Å². The van der Waals surface area contributed by atoms with Gasteiger partial charge in [-0.15, -0.1) is 0 Å². The molecule has 0 saturated heterocycles. The van der Waals surface area contributed by atoms with Crippen LogP contribution in [0.4, 0.5) is 0 Å². The van der Waals surface area contributed by atoms with Gasteiger partial charge in [0.15, 0.2) is 0 Å². The Hall–Kier alpha value is -1.30. The summed E-state index contributed by atoms with van der Waals surface area (Å²) in [7, 11) is 2.96. The molecule has 0 aromatic carbocycles. The minimum Gasteiger partial charge on any atom is -0.531 e. The molecule has 0 aliphatic heterocycles. The number of hydrogen-bond donors (Lipinski definition) is 0. The first kappa shape index (κ1) is 14.7. The minimum atomic E-state index is -0.378. The average Bonchev–Trinajstić information content (AvgIpc) is 2.16. The average molecular weight is 227 g/mol. The lowest BCUT2D eigenvalue weighted by Crippen LogP contribution is -2.34. The van der Waals surface area contributed by atoms with E-state index in [2.05, 4.69) is 4.74 Å². The van der Waals surface area contributed by atoms with Crippen molar-refractivity contribution in [3.63, 3.8) is 0 Å². The Kier molecular flexibility index (Phi) is 7.29. The molecule has 0 N–H and O–H groups in total. The quantitative estimate of drug-likeness (QED) is 0.484. The summed E-state index contributed by atoms with van der Waals surface area (Å²) in [6.45, 7) is 3.52. The number of esters is 1. The third-order valence-corrected chi connectivity index (χ3v) is 1.81. The van der Waals surface area contributed by atoms with Gasteiger partial charge in [-0.2, -0.15) is 0 Å². The normalized spacial score (nSPS) is 10.6. The third kappa shape index (κ3) is 7.06. The number of nitrogens with zero attached hydrogens (tertiary/aromatic N) is 1. The molecule has 0 spiro atoms. The van der Waals surface area contributed by atoms with E-state index < -0.39 is 0 Å². The van der Waals surface area contributed by atoms with E-state index in [1.54, 1.807) is 19.8 Å². The fraction of sp³-hybridized carbons (Fsp3) is 0.600. The number of carbonyl (C=O) groups excluding carboxylic acids is 2. The molecule has 5 nitrogen and oxygen atoms in total. The van der Waals surface area contributed by atoms with Gasteiger partial charge in [-0.1, -0.05) is 12.1 Å². The van der Waals surface area contributed by atoms with Gasteiger partial charge in [-0.05, 0) is 20.8 Å². The molecule has 0 aliphatic carbocycles. The highest BCUT2D eigenvalue weighted by molar-refractivity contribution is 6.57. The Morgan fingerprint density at radius 2 is 1.88 bits per heavy atom. The summed E-state index contributed by atoms with van der Waals surface area (Å²) in [4.78, 5) is 23.8. The first-order valence-electron chi connectivity index (χ1n) is 5.07. The molecule has 0 amide bonds. The number of hydrogen-bond acceptors (Lipinski definition) is 5. The van der Waals surface area contributed by atoms with Gasteiger partial charge < -0.3 is 9.39 Å². The zero-order valence-electron chi connectivity index (χ0n) is 10.2. The summed E-state index contributed by atoms with van der Waals surface area (Å²) in [6.07, 6.45) is 1.82. The zero-order chi connectivity index (χ0) is 12.6. The number of methoxy groups -OCH3 is 1. The fourth-order valence-electron chi connectivity index (χ4n) is 1.12. The summed E-state index contributed by atoms with van der Waals surface area (Å²) in [5, 5.41) is 0. The van der Waals surface area contributed by atoms with Crippen molar-refractivity contribution in [2.24, 2.45) is 0 Å². The lowest BCUT2D eigenvalue weighted by atomic mass is 9.71. The first-order chi connectivity index (χ1) is 7.49. The molecule has 90 valence electrons. The SMILES string of the molecule is C/C=C/B(C)OC(=O)CN(C)CC(=O)OC. The molecule has 16 heavy (non-hydrogen) atoms. The standard InChI is InChI=1S/C10H18BNO4/c1-5-6-11(2)16-10(14)8-12(3)7-9(13)15-4/h5-6H,7-8H2,1-4H3/b6-5+. The van der Waals surface area contributed by atoms with E-state index in [4.69, 9.17) is 4.65 Å². The van der Waals surface area contributed by atoms with Crippen molar-refractivity contribution in [3.8, 4) is 0 Å². The van der Waals surface area contributed by atoms with Crippen molar-refractivity contribution >= 4 is 18.9 Å². The van der Waals surface area contributed by atoms with Crippen molar-refractivity contribution < 1.29 is 19.0 Å². The number of ether oxygens (including phenoxy) is 1. The van der Waals surface area contributed by atoms with Crippen molar-refractivity contribution in [1.82, 2.24) is 4.90 Å². The number of likely N-dealkylation sites (N-methyl/N-ethyl adjacent to an activating group) is 1. The van der Waals surface area contributed by atoms with Crippen LogP contribution in [-0.4, -0.2) is 51.0 Å². The van der Waals surface area contributed by atoms with Gasteiger partial charge in [0.25, 0.3) is 0 Å². The molecule has 0 radical (unpaired) electrons. The number of allylic oxidation sites excluding steroid dienone is 1. The maximum atomic E-state index is 11.4. The highest BCUT2D eigenvalue weighted by Crippen LogP contribution is 1.92. The van der Waals surface area contributed by atoms with Gasteiger partial charge in [0, 0.05) is 0 Å². The van der Waals surface area contributed by atoms with Crippen LogP contribution >= 0.6 is 0 Å². The zero-order valence-corrected chi connectivity index (χ0v) is 10.2. The van der Waals surface area contributed by atoms with Crippen LogP contribution in [0.3, 0.4) is 0 Å². The van der Waals surface area contributed by atoms with E-state index >= 15 is 0 Å². The highest BCUT2D eigenvalue weighted by atomic mass is 16.5. The molecule has 0 aromatic rings. The van der Waals surface area contributed by atoms with Crippen molar-refractivity contribution in [1.29, 1.82) is 0 Å². The molecule has 0 fully saturated rings. The van der Waals surface area contributed by atoms with Gasteiger partial charge in [0.1, 0.15) is 0 Å². The minimum absolute atomic E-state index is 0.0665. The Balaban J connectivity index is 3.91. The summed E-state index contributed by atoms with van der Waals surface area (Å²) in [6, 6.07) is 0. The Bertz CT molecular complexity index is 268. The molecule has 0 atom stereocenters. The topological polar surface area (TPSA) is 55.8 Å². The molecule has 0 bridgehead atoms. The predicted octanol–water partition coefficient (Wildman–Crippen LogP) is 0.371. The smallest absolute Gasteiger partial charge is 0.384 e. The Morgan fingerprint density at radius 3 is 2.38 bits per heavy atom. The van der Waals surface area contributed by atoms with E-state index in [1.807, 2.05) is 13.0 Å². The van der Waals surface area contributed by atoms with Crippen molar-refractivity contribution in [2.75, 3.05) is 27.2 Å². The van der Waals surface area contributed by atoms with E-state index in [0.717, 1.165) is 0 Å². The number of carbonyl (C=O) groups is 2. The largest absolute Gasteiger partial charge is 0.531 e. The summed E-state index contributed by atoms with van der Waals surface area (Å²) >= 11 is 0. The Morgan fingerprint density at radius 1 is 1.31 bits per heavy atom. The second-order valence-corrected chi connectivity index (χ2v) is 3.47. The number of rotatable bonds is 6. The molecular weight excluding hydrogens is 209 g/mol. The van der Waals surface area contributed by atoms with Gasteiger partial charge in [0.2, 0.25) is 0 Å². The van der Waals surface area contributed by atoms with E-state index in [-0.39, 0.29) is 31.9 Å². The summed E-state index contributed by atoms with van der Waals surface area (Å²) in [5.74, 6) is 1.03. The van der Waals surface area contributed by atoms with Gasteiger partial charge in [-0.25, -0.2) is 0 Å². The second-order valence-electron chi connectivity index (χ2n) is 3.47. The van der Waals surface area contributed by atoms with Crippen molar-refractivity contribution in [3.05, 3.63) is 12.1 Å². The molecule has 0 saturated carbocycles. The van der Waals surface area contributed by atoms with Crippen LogP contribution in [0.15, 0.2) is 12.1 Å². The molecular formula is C10H18BNO4. The molecule has 6 heteroatoms. The molecule has 0 unspecified atom stereocenters. The van der Waals surface area contributed by atoms with E-state index in [0.29, 0.717) is 0 Å². The lowest BCUT2D eigenvalue weighted by Gasteiger charge is -2.15. The third-order valence-electron chi connectivity index (χ3n) is 1.81. The van der Waals surface area contributed by atoms with Crippen molar-refractivity contribution in [2.45, 2.75) is 13.7 Å². The summed E-state index contributed by atoms with van der Waals surface area (Å²) in [5.41, 5.74) is 0. The van der Waals surface area contributed by atoms with Crippen LogP contribution < -0.4 is 0 Å². The predicted molar refractivity (Wildman–Crippen MR) is 62.0 cm³/mol. The second kappa shape index (κ2) is 7.93. The maximum Gasteiger partial charge on any atom is 0.384 e.